The maximum Gasteiger partial charge on any atom is 0.358 e. The van der Waals surface area contributed by atoms with Crippen molar-refractivity contribution in [3.63, 3.8) is 0 Å². The smallest absolute Gasteiger partial charge is 0.358 e. The molecule has 0 aliphatic carbocycles. The molecule has 94 valence electrons. The molecule has 7 heteroatoms. The molecule has 0 saturated carbocycles. The minimum atomic E-state index is -1.08. The van der Waals surface area contributed by atoms with Crippen molar-refractivity contribution in [2.24, 2.45) is 0 Å². The fourth-order valence-electron chi connectivity index (χ4n) is 1.31. The Hall–Kier alpha value is -2.02. The van der Waals surface area contributed by atoms with Gasteiger partial charge in [0.25, 0.3) is 0 Å². The number of carboxylic acid groups (broad SMARTS) is 1. The molecule has 0 atom stereocenters. The Kier molecular flexibility index (Phi) is 3.83. The topological polar surface area (TPSA) is 88.2 Å². The zero-order valence-corrected chi connectivity index (χ0v) is 10.2. The minimum absolute atomic E-state index is 0.0513. The first kappa shape index (κ1) is 12.4. The molecule has 6 nitrogen and oxygen atoms in total. The van der Waals surface area contributed by atoms with Crippen molar-refractivity contribution in [1.29, 1.82) is 0 Å². The van der Waals surface area contributed by atoms with Gasteiger partial charge >= 0.3 is 5.97 Å². The van der Waals surface area contributed by atoms with Gasteiger partial charge in [-0.15, -0.1) is 16.9 Å². The lowest BCUT2D eigenvalue weighted by Crippen LogP contribution is -2.01. The number of phenols is 1. The molecule has 0 unspecified atom stereocenters. The summed E-state index contributed by atoms with van der Waals surface area (Å²) in [7, 11) is 0. The Labute approximate surface area is 107 Å². The Morgan fingerprint density at radius 3 is 2.67 bits per heavy atom. The molecule has 0 amide bonds. The summed E-state index contributed by atoms with van der Waals surface area (Å²) in [4.78, 5) is 11.6. The van der Waals surface area contributed by atoms with Crippen LogP contribution in [-0.2, 0) is 6.54 Å². The second kappa shape index (κ2) is 5.54. The van der Waals surface area contributed by atoms with E-state index in [-0.39, 0.29) is 11.4 Å². The average molecular weight is 265 g/mol. The van der Waals surface area contributed by atoms with Gasteiger partial charge in [0.15, 0.2) is 5.69 Å². The zero-order chi connectivity index (χ0) is 13.0. The van der Waals surface area contributed by atoms with Gasteiger partial charge in [0, 0.05) is 10.6 Å². The van der Waals surface area contributed by atoms with Gasteiger partial charge in [-0.1, -0.05) is 5.21 Å². The van der Waals surface area contributed by atoms with Crippen LogP contribution in [-0.4, -0.2) is 36.9 Å². The molecule has 2 rings (SSSR count). The predicted molar refractivity (Wildman–Crippen MR) is 65.8 cm³/mol. The predicted octanol–water partition coefficient (Wildman–Crippen LogP) is 1.47. The van der Waals surface area contributed by atoms with Gasteiger partial charge in [0.2, 0.25) is 0 Å². The van der Waals surface area contributed by atoms with Gasteiger partial charge in [-0.05, 0) is 24.3 Å². The number of benzene rings is 1. The molecule has 0 bridgehead atoms. The number of aromatic carboxylic acids is 1. The maximum absolute atomic E-state index is 10.6. The third kappa shape index (κ3) is 3.24. The van der Waals surface area contributed by atoms with E-state index in [0.717, 1.165) is 10.6 Å². The van der Waals surface area contributed by atoms with Crippen LogP contribution in [0.15, 0.2) is 35.4 Å². The summed E-state index contributed by atoms with van der Waals surface area (Å²) in [5.74, 6) is -0.0955. The average Bonchev–Trinajstić information content (AvgIpc) is 2.81. The van der Waals surface area contributed by atoms with E-state index >= 15 is 0 Å². The fraction of sp³-hybridized carbons (Fsp3) is 0.182. The highest BCUT2D eigenvalue weighted by Gasteiger charge is 2.07. The molecule has 1 heterocycles. The number of aryl methyl sites for hydroxylation is 1. The van der Waals surface area contributed by atoms with Crippen molar-refractivity contribution in [3.05, 3.63) is 36.2 Å². The van der Waals surface area contributed by atoms with Crippen LogP contribution in [0.1, 0.15) is 10.5 Å². The number of aromatic nitrogens is 3. The van der Waals surface area contributed by atoms with E-state index in [4.69, 9.17) is 10.2 Å². The number of aromatic hydroxyl groups is 1. The van der Waals surface area contributed by atoms with Crippen LogP contribution >= 0.6 is 11.8 Å². The Morgan fingerprint density at radius 2 is 2.06 bits per heavy atom. The molecule has 0 spiro atoms. The fourth-order valence-corrected chi connectivity index (χ4v) is 2.15. The maximum atomic E-state index is 10.6. The van der Waals surface area contributed by atoms with Crippen molar-refractivity contribution in [1.82, 2.24) is 15.0 Å². The monoisotopic (exact) mass is 265 g/mol. The molecular weight excluding hydrogens is 254 g/mol. The number of hydrogen-bond acceptors (Lipinski definition) is 5. The number of thioether (sulfide) groups is 1. The molecule has 18 heavy (non-hydrogen) atoms. The van der Waals surface area contributed by atoms with E-state index in [9.17, 15) is 4.79 Å². The first-order valence-corrected chi connectivity index (χ1v) is 6.19. The summed E-state index contributed by atoms with van der Waals surface area (Å²) in [6.07, 6.45) is 1.40. The number of phenolic OH excluding ortho intramolecular Hbond substituents is 1. The van der Waals surface area contributed by atoms with Crippen molar-refractivity contribution in [2.45, 2.75) is 11.4 Å². The van der Waals surface area contributed by atoms with E-state index < -0.39 is 5.97 Å². The molecular formula is C11H11N3O3S. The third-order valence-electron chi connectivity index (χ3n) is 2.18. The summed E-state index contributed by atoms with van der Waals surface area (Å²) in [6.45, 7) is 0.575. The molecule has 2 N–H and O–H groups in total. The van der Waals surface area contributed by atoms with Gasteiger partial charge in [0.1, 0.15) is 5.75 Å². The summed E-state index contributed by atoms with van der Waals surface area (Å²) >= 11 is 1.59. The summed E-state index contributed by atoms with van der Waals surface area (Å²) < 4.78 is 1.50. The highest BCUT2D eigenvalue weighted by atomic mass is 32.2. The van der Waals surface area contributed by atoms with Crippen LogP contribution in [0.25, 0.3) is 0 Å². The van der Waals surface area contributed by atoms with Gasteiger partial charge < -0.3 is 10.2 Å². The van der Waals surface area contributed by atoms with Gasteiger partial charge in [-0.25, -0.2) is 4.79 Å². The highest BCUT2D eigenvalue weighted by Crippen LogP contribution is 2.20. The molecule has 1 aromatic carbocycles. The molecule has 1 aromatic heterocycles. The molecule has 0 aliphatic heterocycles. The minimum Gasteiger partial charge on any atom is -0.508 e. The number of hydrogen-bond donors (Lipinski definition) is 2. The molecule has 0 aliphatic rings. The van der Waals surface area contributed by atoms with Crippen molar-refractivity contribution in [2.75, 3.05) is 5.75 Å². The van der Waals surface area contributed by atoms with E-state index in [1.807, 2.05) is 12.1 Å². The summed E-state index contributed by atoms with van der Waals surface area (Å²) in [5.41, 5.74) is -0.0513. The van der Waals surface area contributed by atoms with E-state index in [1.54, 1.807) is 23.9 Å². The third-order valence-corrected chi connectivity index (χ3v) is 3.18. The highest BCUT2D eigenvalue weighted by molar-refractivity contribution is 7.99. The second-order valence-electron chi connectivity index (χ2n) is 3.51. The lowest BCUT2D eigenvalue weighted by molar-refractivity contribution is 0.0690. The second-order valence-corrected chi connectivity index (χ2v) is 4.68. The van der Waals surface area contributed by atoms with Crippen LogP contribution in [0.3, 0.4) is 0 Å². The van der Waals surface area contributed by atoms with Gasteiger partial charge in [0.05, 0.1) is 12.7 Å². The van der Waals surface area contributed by atoms with Gasteiger partial charge in [-0.2, -0.15) is 0 Å². The summed E-state index contributed by atoms with van der Waals surface area (Å²) in [5, 5.41) is 25.0. The number of carboxylic acids is 1. The molecule has 0 saturated heterocycles. The van der Waals surface area contributed by atoms with Gasteiger partial charge in [-0.3, -0.25) is 4.68 Å². The molecule has 0 fully saturated rings. The number of carbonyl (C=O) groups is 1. The van der Waals surface area contributed by atoms with E-state index in [0.29, 0.717) is 6.54 Å². The van der Waals surface area contributed by atoms with Crippen molar-refractivity contribution in [3.8, 4) is 5.75 Å². The van der Waals surface area contributed by atoms with Crippen LogP contribution in [0.4, 0.5) is 0 Å². The van der Waals surface area contributed by atoms with Crippen LogP contribution < -0.4 is 0 Å². The Bertz CT molecular complexity index is 539. The lowest BCUT2D eigenvalue weighted by Gasteiger charge is -2.01. The standard InChI is InChI=1S/C11H11N3O3S/c15-8-1-3-9(4-2-8)18-6-5-14-7-10(11(16)17)12-13-14/h1-4,7,15H,5-6H2,(H,16,17). The largest absolute Gasteiger partial charge is 0.508 e. The first-order valence-electron chi connectivity index (χ1n) is 5.20. The number of rotatable bonds is 5. The normalized spacial score (nSPS) is 10.4. The number of nitrogens with zero attached hydrogens (tertiary/aromatic N) is 3. The van der Waals surface area contributed by atoms with Crippen molar-refractivity contribution >= 4 is 17.7 Å². The quantitative estimate of drug-likeness (QED) is 0.796. The summed E-state index contributed by atoms with van der Waals surface area (Å²) in [6, 6.07) is 6.90. The Morgan fingerprint density at radius 1 is 1.33 bits per heavy atom. The van der Waals surface area contributed by atoms with E-state index in [1.165, 1.54) is 10.9 Å². The Balaban J connectivity index is 1.84. The van der Waals surface area contributed by atoms with Crippen LogP contribution in [0.2, 0.25) is 0 Å². The van der Waals surface area contributed by atoms with Crippen molar-refractivity contribution < 1.29 is 15.0 Å². The molecule has 2 aromatic rings. The zero-order valence-electron chi connectivity index (χ0n) is 9.35. The molecule has 0 radical (unpaired) electrons. The van der Waals surface area contributed by atoms with Crippen LogP contribution in [0.5, 0.6) is 5.75 Å². The SMILES string of the molecule is O=C(O)c1cn(CCSc2ccc(O)cc2)nn1. The van der Waals surface area contributed by atoms with Crippen LogP contribution in [0, 0.1) is 0 Å². The lowest BCUT2D eigenvalue weighted by atomic mass is 10.3. The van der Waals surface area contributed by atoms with E-state index in [2.05, 4.69) is 10.3 Å². The first-order chi connectivity index (χ1) is 8.65.